The van der Waals surface area contributed by atoms with Gasteiger partial charge < -0.3 is 15.4 Å². The molecule has 4 nitrogen and oxygen atoms in total. The number of amides is 1. The Labute approximate surface area is 127 Å². The highest BCUT2D eigenvalue weighted by molar-refractivity contribution is 5.76. The average molecular weight is 290 g/mol. The predicted molar refractivity (Wildman–Crippen MR) is 84.0 cm³/mol. The molecule has 0 aromatic heterocycles. The van der Waals surface area contributed by atoms with Crippen LogP contribution in [0.15, 0.2) is 30.3 Å². The molecular weight excluding hydrogens is 264 g/mol. The highest BCUT2D eigenvalue weighted by Gasteiger charge is 2.34. The van der Waals surface area contributed by atoms with Crippen molar-refractivity contribution >= 4 is 5.91 Å². The Morgan fingerprint density at radius 3 is 2.76 bits per heavy atom. The van der Waals surface area contributed by atoms with E-state index in [2.05, 4.69) is 12.1 Å². The predicted octanol–water partition coefficient (Wildman–Crippen LogP) is 1.97. The molecule has 1 amide bonds. The summed E-state index contributed by atoms with van der Waals surface area (Å²) in [5.41, 5.74) is 6.68. The van der Waals surface area contributed by atoms with E-state index in [4.69, 9.17) is 10.5 Å². The number of benzene rings is 1. The number of carbonyl (C=O) groups is 1. The highest BCUT2D eigenvalue weighted by Crippen LogP contribution is 2.21. The first kappa shape index (κ1) is 16.0. The van der Waals surface area contributed by atoms with Crippen molar-refractivity contribution in [3.8, 4) is 0 Å². The van der Waals surface area contributed by atoms with E-state index in [1.54, 1.807) is 0 Å². The van der Waals surface area contributed by atoms with Crippen LogP contribution in [0.2, 0.25) is 0 Å². The standard InChI is InChI=1S/C17H26N2O2/c1-17(2)13-19(12-15(11-18)21-17)16(20)10-6-9-14-7-4-3-5-8-14/h3-5,7-8,15H,6,9-13,18H2,1-2H3. The number of nitrogens with zero attached hydrogens (tertiary/aromatic N) is 1. The van der Waals surface area contributed by atoms with Crippen LogP contribution >= 0.6 is 0 Å². The van der Waals surface area contributed by atoms with Gasteiger partial charge >= 0.3 is 0 Å². The summed E-state index contributed by atoms with van der Waals surface area (Å²) in [5, 5.41) is 0. The third kappa shape index (κ3) is 4.83. The maximum atomic E-state index is 12.4. The van der Waals surface area contributed by atoms with Crippen molar-refractivity contribution in [2.75, 3.05) is 19.6 Å². The van der Waals surface area contributed by atoms with Crippen molar-refractivity contribution in [2.24, 2.45) is 5.73 Å². The van der Waals surface area contributed by atoms with E-state index in [1.807, 2.05) is 36.9 Å². The summed E-state index contributed by atoms with van der Waals surface area (Å²) >= 11 is 0. The van der Waals surface area contributed by atoms with E-state index in [-0.39, 0.29) is 17.6 Å². The number of rotatable bonds is 5. The SMILES string of the molecule is CC1(C)CN(C(=O)CCCc2ccccc2)CC(CN)O1. The fourth-order valence-corrected chi connectivity index (χ4v) is 2.85. The smallest absolute Gasteiger partial charge is 0.222 e. The first-order valence-electron chi connectivity index (χ1n) is 7.70. The number of aryl methyl sites for hydroxylation is 1. The number of ether oxygens (including phenoxy) is 1. The molecule has 1 atom stereocenters. The highest BCUT2D eigenvalue weighted by atomic mass is 16.5. The fraction of sp³-hybridized carbons (Fsp3) is 0.588. The van der Waals surface area contributed by atoms with Gasteiger partial charge in [0.05, 0.1) is 11.7 Å². The average Bonchev–Trinajstić information content (AvgIpc) is 2.46. The summed E-state index contributed by atoms with van der Waals surface area (Å²) in [6.45, 7) is 5.74. The van der Waals surface area contributed by atoms with Gasteiger partial charge in [-0.3, -0.25) is 4.79 Å². The van der Waals surface area contributed by atoms with E-state index < -0.39 is 0 Å². The van der Waals surface area contributed by atoms with Gasteiger partial charge in [0, 0.05) is 26.1 Å². The van der Waals surface area contributed by atoms with Crippen LogP contribution in [0.3, 0.4) is 0 Å². The van der Waals surface area contributed by atoms with Crippen LogP contribution < -0.4 is 5.73 Å². The summed E-state index contributed by atoms with van der Waals surface area (Å²) in [7, 11) is 0. The first-order valence-corrected chi connectivity index (χ1v) is 7.70. The second kappa shape index (κ2) is 7.05. The molecule has 21 heavy (non-hydrogen) atoms. The molecule has 1 aromatic rings. The Morgan fingerprint density at radius 1 is 1.38 bits per heavy atom. The summed E-state index contributed by atoms with van der Waals surface area (Å²) < 4.78 is 5.86. The van der Waals surface area contributed by atoms with Crippen molar-refractivity contribution in [1.29, 1.82) is 0 Å². The second-order valence-corrected chi connectivity index (χ2v) is 6.35. The van der Waals surface area contributed by atoms with Gasteiger partial charge in [-0.2, -0.15) is 0 Å². The lowest BCUT2D eigenvalue weighted by molar-refractivity contribution is -0.159. The molecular formula is C17H26N2O2. The van der Waals surface area contributed by atoms with Crippen LogP contribution in [-0.4, -0.2) is 42.1 Å². The van der Waals surface area contributed by atoms with Crippen molar-refractivity contribution in [2.45, 2.75) is 44.8 Å². The van der Waals surface area contributed by atoms with Crippen LogP contribution in [0.4, 0.5) is 0 Å². The van der Waals surface area contributed by atoms with E-state index in [9.17, 15) is 4.79 Å². The Balaban J connectivity index is 1.82. The lowest BCUT2D eigenvalue weighted by Gasteiger charge is -2.42. The topological polar surface area (TPSA) is 55.6 Å². The molecule has 1 heterocycles. The minimum absolute atomic E-state index is 0.0492. The maximum Gasteiger partial charge on any atom is 0.222 e. The number of hydrogen-bond acceptors (Lipinski definition) is 3. The fourth-order valence-electron chi connectivity index (χ4n) is 2.85. The first-order chi connectivity index (χ1) is 10.00. The van der Waals surface area contributed by atoms with E-state index in [0.717, 1.165) is 12.8 Å². The molecule has 1 aliphatic heterocycles. The molecule has 1 saturated heterocycles. The molecule has 0 radical (unpaired) electrons. The summed E-state index contributed by atoms with van der Waals surface area (Å²) in [6.07, 6.45) is 2.36. The second-order valence-electron chi connectivity index (χ2n) is 6.35. The van der Waals surface area contributed by atoms with E-state index >= 15 is 0 Å². The summed E-state index contributed by atoms with van der Waals surface area (Å²) in [6, 6.07) is 10.3. The van der Waals surface area contributed by atoms with Crippen molar-refractivity contribution < 1.29 is 9.53 Å². The molecule has 2 N–H and O–H groups in total. The van der Waals surface area contributed by atoms with Crippen molar-refractivity contribution in [3.05, 3.63) is 35.9 Å². The van der Waals surface area contributed by atoms with Crippen LogP contribution in [0.1, 0.15) is 32.3 Å². The zero-order valence-corrected chi connectivity index (χ0v) is 13.0. The number of nitrogens with two attached hydrogens (primary N) is 1. The molecule has 0 bridgehead atoms. The minimum atomic E-state index is -0.308. The Morgan fingerprint density at radius 2 is 2.10 bits per heavy atom. The summed E-state index contributed by atoms with van der Waals surface area (Å²) in [5.74, 6) is 0.209. The minimum Gasteiger partial charge on any atom is -0.367 e. The van der Waals surface area contributed by atoms with Gasteiger partial charge in [0.1, 0.15) is 0 Å². The van der Waals surface area contributed by atoms with Gasteiger partial charge in [0.25, 0.3) is 0 Å². The third-order valence-corrected chi connectivity index (χ3v) is 3.80. The zero-order chi connectivity index (χ0) is 15.3. The monoisotopic (exact) mass is 290 g/mol. The van der Waals surface area contributed by atoms with Crippen LogP contribution in [0, 0.1) is 0 Å². The van der Waals surface area contributed by atoms with E-state index in [1.165, 1.54) is 5.56 Å². The van der Waals surface area contributed by atoms with Gasteiger partial charge in [-0.15, -0.1) is 0 Å². The van der Waals surface area contributed by atoms with Crippen LogP contribution in [-0.2, 0) is 16.0 Å². The van der Waals surface area contributed by atoms with Crippen molar-refractivity contribution in [1.82, 2.24) is 4.90 Å². The van der Waals surface area contributed by atoms with E-state index in [0.29, 0.717) is 26.1 Å². The van der Waals surface area contributed by atoms with Gasteiger partial charge in [-0.1, -0.05) is 30.3 Å². The van der Waals surface area contributed by atoms with Gasteiger partial charge in [0.15, 0.2) is 0 Å². The Hall–Kier alpha value is -1.39. The maximum absolute atomic E-state index is 12.4. The van der Waals surface area contributed by atoms with Crippen LogP contribution in [0.25, 0.3) is 0 Å². The van der Waals surface area contributed by atoms with Gasteiger partial charge in [-0.05, 0) is 32.3 Å². The lowest BCUT2D eigenvalue weighted by Crippen LogP contribution is -2.56. The Bertz CT molecular complexity index is 459. The van der Waals surface area contributed by atoms with Crippen LogP contribution in [0.5, 0.6) is 0 Å². The zero-order valence-electron chi connectivity index (χ0n) is 13.0. The third-order valence-electron chi connectivity index (χ3n) is 3.80. The molecule has 0 spiro atoms. The number of morpholine rings is 1. The molecule has 1 unspecified atom stereocenters. The Kier molecular flexibility index (Phi) is 5.37. The molecule has 116 valence electrons. The molecule has 0 aliphatic carbocycles. The molecule has 1 fully saturated rings. The lowest BCUT2D eigenvalue weighted by atomic mass is 10.0. The number of carbonyl (C=O) groups excluding carboxylic acids is 1. The molecule has 2 rings (SSSR count). The molecule has 1 aromatic carbocycles. The van der Waals surface area contributed by atoms with Crippen molar-refractivity contribution in [3.63, 3.8) is 0 Å². The quantitative estimate of drug-likeness (QED) is 0.902. The molecule has 4 heteroatoms. The molecule has 1 aliphatic rings. The largest absolute Gasteiger partial charge is 0.367 e. The van der Waals surface area contributed by atoms with Gasteiger partial charge in [0.2, 0.25) is 5.91 Å². The van der Waals surface area contributed by atoms with Gasteiger partial charge in [-0.25, -0.2) is 0 Å². The molecule has 0 saturated carbocycles. The number of hydrogen-bond donors (Lipinski definition) is 1. The normalized spacial score (nSPS) is 21.3. The summed E-state index contributed by atoms with van der Waals surface area (Å²) in [4.78, 5) is 14.3.